The minimum absolute atomic E-state index is 0.0672. The maximum absolute atomic E-state index is 12.2. The molecule has 0 spiro atoms. The Labute approximate surface area is 128 Å². The topological polar surface area (TPSA) is 71.7 Å². The Kier molecular flexibility index (Phi) is 4.22. The number of furan rings is 1. The van der Waals surface area contributed by atoms with E-state index in [-0.39, 0.29) is 5.91 Å². The molecule has 7 nitrogen and oxygen atoms in total. The third-order valence-corrected chi connectivity index (χ3v) is 3.54. The summed E-state index contributed by atoms with van der Waals surface area (Å²) in [4.78, 5) is 16.1. The van der Waals surface area contributed by atoms with Crippen molar-refractivity contribution in [1.29, 1.82) is 0 Å². The zero-order chi connectivity index (χ0) is 15.4. The van der Waals surface area contributed by atoms with Crippen LogP contribution in [0.5, 0.6) is 5.88 Å². The van der Waals surface area contributed by atoms with Crippen LogP contribution in [0, 0.1) is 0 Å². The number of nitrogens with zero attached hydrogens (tertiary/aromatic N) is 4. The predicted molar refractivity (Wildman–Crippen MR) is 80.0 cm³/mol. The van der Waals surface area contributed by atoms with Crippen molar-refractivity contribution in [3.05, 3.63) is 36.3 Å². The number of hydrogen-bond acceptors (Lipinski definition) is 6. The molecule has 0 radical (unpaired) electrons. The molecular weight excluding hydrogens is 284 g/mol. The first-order valence-electron chi connectivity index (χ1n) is 7.32. The fourth-order valence-corrected chi connectivity index (χ4v) is 2.40. The quantitative estimate of drug-likeness (QED) is 0.851. The molecule has 0 unspecified atom stereocenters. The number of hydrogen-bond donors (Lipinski definition) is 0. The molecule has 22 heavy (non-hydrogen) atoms. The Morgan fingerprint density at radius 1 is 1.23 bits per heavy atom. The van der Waals surface area contributed by atoms with E-state index in [1.54, 1.807) is 17.0 Å². The molecule has 1 saturated heterocycles. The van der Waals surface area contributed by atoms with Gasteiger partial charge in [-0.2, -0.15) is 0 Å². The zero-order valence-corrected chi connectivity index (χ0v) is 12.4. The molecule has 2 aromatic rings. The molecular formula is C15H18N4O3. The molecule has 0 saturated carbocycles. The first-order chi connectivity index (χ1) is 10.8. The van der Waals surface area contributed by atoms with Gasteiger partial charge in [0.1, 0.15) is 0 Å². The maximum atomic E-state index is 12.2. The van der Waals surface area contributed by atoms with Crippen LogP contribution in [-0.4, -0.2) is 53.8 Å². The molecule has 7 heteroatoms. The van der Waals surface area contributed by atoms with Gasteiger partial charge in [-0.05, 0) is 25.1 Å². The number of carbonyl (C=O) groups excluding carboxylic acids is 1. The van der Waals surface area contributed by atoms with Crippen molar-refractivity contribution >= 4 is 11.7 Å². The average Bonchev–Trinajstić information content (AvgIpc) is 3.10. The summed E-state index contributed by atoms with van der Waals surface area (Å²) in [6.45, 7) is 5.18. The Balaban J connectivity index is 1.58. The molecule has 0 N–H and O–H groups in total. The summed E-state index contributed by atoms with van der Waals surface area (Å²) in [5.74, 6) is 1.64. The van der Waals surface area contributed by atoms with Crippen LogP contribution in [-0.2, 0) is 0 Å². The Bertz CT molecular complexity index is 604. The van der Waals surface area contributed by atoms with Gasteiger partial charge < -0.3 is 19.0 Å². The zero-order valence-electron chi connectivity index (χ0n) is 12.4. The van der Waals surface area contributed by atoms with Crippen molar-refractivity contribution in [2.24, 2.45) is 0 Å². The summed E-state index contributed by atoms with van der Waals surface area (Å²) in [5.41, 5.74) is 0. The first-order valence-corrected chi connectivity index (χ1v) is 7.32. The number of anilines is 1. The highest BCUT2D eigenvalue weighted by Crippen LogP contribution is 2.16. The molecule has 0 bridgehead atoms. The number of amides is 1. The van der Waals surface area contributed by atoms with Crippen LogP contribution in [0.3, 0.4) is 0 Å². The van der Waals surface area contributed by atoms with Crippen molar-refractivity contribution in [1.82, 2.24) is 15.1 Å². The molecule has 0 aromatic carbocycles. The van der Waals surface area contributed by atoms with E-state index in [9.17, 15) is 4.79 Å². The molecule has 3 rings (SSSR count). The number of ether oxygens (including phenoxy) is 1. The number of rotatable bonds is 4. The summed E-state index contributed by atoms with van der Waals surface area (Å²) in [6, 6.07) is 7.11. The van der Waals surface area contributed by atoms with E-state index in [1.165, 1.54) is 6.26 Å². The van der Waals surface area contributed by atoms with Gasteiger partial charge >= 0.3 is 0 Å². The highest BCUT2D eigenvalue weighted by molar-refractivity contribution is 5.91. The fraction of sp³-hybridized carbons (Fsp3) is 0.400. The summed E-state index contributed by atoms with van der Waals surface area (Å²) in [7, 11) is 0. The lowest BCUT2D eigenvalue weighted by molar-refractivity contribution is 0.0714. The van der Waals surface area contributed by atoms with E-state index in [2.05, 4.69) is 15.1 Å². The SMILES string of the molecule is CCOc1ccc(N2CCN(C(=O)c3ccco3)CC2)nn1. The standard InChI is InChI=1S/C15H18N4O3/c1-2-21-14-6-5-13(16-17-14)18-7-9-19(10-8-18)15(20)12-4-3-11-22-12/h3-6,11H,2,7-10H2,1H3. The molecule has 1 fully saturated rings. The Hall–Kier alpha value is -2.57. The molecule has 0 aliphatic carbocycles. The van der Waals surface area contributed by atoms with Gasteiger partial charge in [0.05, 0.1) is 12.9 Å². The van der Waals surface area contributed by atoms with E-state index in [4.69, 9.17) is 9.15 Å². The second kappa shape index (κ2) is 6.46. The van der Waals surface area contributed by atoms with E-state index >= 15 is 0 Å². The van der Waals surface area contributed by atoms with Gasteiger partial charge in [0.2, 0.25) is 5.88 Å². The minimum Gasteiger partial charge on any atom is -0.477 e. The second-order valence-corrected chi connectivity index (χ2v) is 4.92. The summed E-state index contributed by atoms with van der Waals surface area (Å²) in [5, 5.41) is 8.20. The third-order valence-electron chi connectivity index (χ3n) is 3.54. The largest absolute Gasteiger partial charge is 0.477 e. The first kappa shape index (κ1) is 14.4. The van der Waals surface area contributed by atoms with E-state index in [1.807, 2.05) is 19.1 Å². The number of carbonyl (C=O) groups is 1. The fourth-order valence-electron chi connectivity index (χ4n) is 2.40. The van der Waals surface area contributed by atoms with Gasteiger partial charge in [0.25, 0.3) is 5.91 Å². The van der Waals surface area contributed by atoms with Crippen LogP contribution in [0.15, 0.2) is 34.9 Å². The smallest absolute Gasteiger partial charge is 0.289 e. The highest BCUT2D eigenvalue weighted by atomic mass is 16.5. The molecule has 0 atom stereocenters. The van der Waals surface area contributed by atoms with Crippen LogP contribution in [0.2, 0.25) is 0 Å². The molecule has 3 heterocycles. The lowest BCUT2D eigenvalue weighted by Crippen LogP contribution is -2.49. The van der Waals surface area contributed by atoms with Crippen molar-refractivity contribution in [2.75, 3.05) is 37.7 Å². The summed E-state index contributed by atoms with van der Waals surface area (Å²) < 4.78 is 10.4. The molecule has 1 aliphatic heterocycles. The van der Waals surface area contributed by atoms with Crippen LogP contribution in [0.4, 0.5) is 5.82 Å². The monoisotopic (exact) mass is 302 g/mol. The van der Waals surface area contributed by atoms with Crippen molar-refractivity contribution in [2.45, 2.75) is 6.92 Å². The second-order valence-electron chi connectivity index (χ2n) is 4.92. The van der Waals surface area contributed by atoms with Crippen molar-refractivity contribution < 1.29 is 13.9 Å². The Morgan fingerprint density at radius 3 is 2.64 bits per heavy atom. The lowest BCUT2D eigenvalue weighted by atomic mass is 10.3. The normalized spacial score (nSPS) is 15.0. The van der Waals surface area contributed by atoms with Gasteiger partial charge in [-0.1, -0.05) is 0 Å². The van der Waals surface area contributed by atoms with Crippen LogP contribution in [0.1, 0.15) is 17.5 Å². The summed E-state index contributed by atoms with van der Waals surface area (Å²) >= 11 is 0. The maximum Gasteiger partial charge on any atom is 0.289 e. The third kappa shape index (κ3) is 3.03. The van der Waals surface area contributed by atoms with Crippen LogP contribution < -0.4 is 9.64 Å². The predicted octanol–water partition coefficient (Wildman–Crippen LogP) is 1.43. The average molecular weight is 302 g/mol. The van der Waals surface area contributed by atoms with Gasteiger partial charge in [-0.3, -0.25) is 4.79 Å². The van der Waals surface area contributed by atoms with Gasteiger partial charge in [0.15, 0.2) is 11.6 Å². The number of aromatic nitrogens is 2. The van der Waals surface area contributed by atoms with E-state index in [0.717, 1.165) is 18.9 Å². The van der Waals surface area contributed by atoms with Gasteiger partial charge in [-0.15, -0.1) is 10.2 Å². The molecule has 116 valence electrons. The van der Waals surface area contributed by atoms with E-state index in [0.29, 0.717) is 31.3 Å². The Morgan fingerprint density at radius 2 is 2.05 bits per heavy atom. The molecule has 1 aliphatic rings. The number of piperazine rings is 1. The van der Waals surface area contributed by atoms with Crippen molar-refractivity contribution in [3.8, 4) is 5.88 Å². The van der Waals surface area contributed by atoms with Gasteiger partial charge in [-0.25, -0.2) is 0 Å². The minimum atomic E-state index is -0.0672. The molecule has 2 aromatic heterocycles. The highest BCUT2D eigenvalue weighted by Gasteiger charge is 2.24. The van der Waals surface area contributed by atoms with Crippen molar-refractivity contribution in [3.63, 3.8) is 0 Å². The summed E-state index contributed by atoms with van der Waals surface area (Å²) in [6.07, 6.45) is 1.51. The van der Waals surface area contributed by atoms with Crippen LogP contribution in [0.25, 0.3) is 0 Å². The van der Waals surface area contributed by atoms with E-state index < -0.39 is 0 Å². The van der Waals surface area contributed by atoms with Crippen LogP contribution >= 0.6 is 0 Å². The van der Waals surface area contributed by atoms with Gasteiger partial charge in [0, 0.05) is 32.2 Å². The lowest BCUT2D eigenvalue weighted by Gasteiger charge is -2.34. The molecule has 1 amide bonds.